The van der Waals surface area contributed by atoms with Crippen LogP contribution in [0.2, 0.25) is 5.02 Å². The van der Waals surface area contributed by atoms with Crippen LogP contribution in [-0.4, -0.2) is 26.9 Å². The van der Waals surface area contributed by atoms with Crippen molar-refractivity contribution in [1.82, 2.24) is 10.0 Å². The molecule has 2 N–H and O–H groups in total. The fourth-order valence-corrected chi connectivity index (χ4v) is 3.53. The van der Waals surface area contributed by atoms with Crippen molar-refractivity contribution in [2.75, 3.05) is 6.54 Å². The molecule has 1 aliphatic heterocycles. The molecule has 1 aromatic rings. The Hall–Kier alpha value is -0.630. The van der Waals surface area contributed by atoms with Gasteiger partial charge in [-0.3, -0.25) is 4.79 Å². The summed E-state index contributed by atoms with van der Waals surface area (Å²) in [6, 6.07) is 3.93. The van der Waals surface area contributed by atoms with Crippen molar-refractivity contribution in [3.63, 3.8) is 0 Å². The van der Waals surface area contributed by atoms with Crippen LogP contribution < -0.4 is 10.0 Å². The predicted molar refractivity (Wildman–Crippen MR) is 70.9 cm³/mol. The molecule has 0 aliphatic carbocycles. The summed E-state index contributed by atoms with van der Waals surface area (Å²) in [7, 11) is -3.64. The Morgan fingerprint density at radius 1 is 1.44 bits per heavy atom. The van der Waals surface area contributed by atoms with Gasteiger partial charge in [0.2, 0.25) is 15.9 Å². The fraction of sp³-hybridized carbons (Fsp3) is 0.300. The van der Waals surface area contributed by atoms with Crippen molar-refractivity contribution in [3.05, 3.63) is 27.7 Å². The molecule has 1 aliphatic rings. The molecule has 1 saturated heterocycles. The lowest BCUT2D eigenvalue weighted by Gasteiger charge is -2.11. The number of benzene rings is 1. The number of halogens is 2. The Labute approximate surface area is 118 Å². The number of hydrogen-bond donors (Lipinski definition) is 2. The zero-order valence-electron chi connectivity index (χ0n) is 9.11. The number of nitrogens with one attached hydrogen (secondary N) is 2. The molecule has 1 aromatic carbocycles. The van der Waals surface area contributed by atoms with E-state index in [1.807, 2.05) is 0 Å². The largest absolute Gasteiger partial charge is 0.354 e. The first-order chi connectivity index (χ1) is 8.38. The Bertz CT molecular complexity index is 591. The Morgan fingerprint density at radius 3 is 2.72 bits per heavy atom. The highest BCUT2D eigenvalue weighted by molar-refractivity contribution is 9.10. The van der Waals surface area contributed by atoms with Crippen LogP contribution in [-0.2, 0) is 14.8 Å². The molecule has 1 atom stereocenters. The van der Waals surface area contributed by atoms with E-state index in [0.717, 1.165) is 0 Å². The molecule has 1 unspecified atom stereocenters. The van der Waals surface area contributed by atoms with E-state index >= 15 is 0 Å². The van der Waals surface area contributed by atoms with Gasteiger partial charge in [-0.2, -0.15) is 0 Å². The predicted octanol–water partition coefficient (Wildman–Crippen LogP) is 1.27. The molecule has 1 amide bonds. The van der Waals surface area contributed by atoms with Crippen molar-refractivity contribution in [3.8, 4) is 0 Å². The van der Waals surface area contributed by atoms with Crippen molar-refractivity contribution < 1.29 is 13.2 Å². The lowest BCUT2D eigenvalue weighted by molar-refractivity contribution is -0.119. The number of carbonyl (C=O) groups excluding carboxylic acids is 1. The minimum Gasteiger partial charge on any atom is -0.354 e. The molecular formula is C10H10BrClN2O3S. The normalized spacial score (nSPS) is 19.9. The standard InChI is InChI=1S/C10H10BrClN2O3S/c11-8-4-7(1-2-9(8)12)18(16,17)14-6-3-10(15)13-5-6/h1-2,4,6,14H,3,5H2,(H,13,15). The molecule has 18 heavy (non-hydrogen) atoms. The summed E-state index contributed by atoms with van der Waals surface area (Å²) in [5, 5.41) is 3.00. The van der Waals surface area contributed by atoms with Gasteiger partial charge in [-0.25, -0.2) is 13.1 Å². The molecule has 0 spiro atoms. The second-order valence-corrected chi connectivity index (χ2v) is 6.88. The topological polar surface area (TPSA) is 75.3 Å². The van der Waals surface area contributed by atoms with Gasteiger partial charge in [-0.05, 0) is 34.1 Å². The van der Waals surface area contributed by atoms with Gasteiger partial charge in [0, 0.05) is 23.5 Å². The second kappa shape index (κ2) is 5.16. The highest BCUT2D eigenvalue weighted by Gasteiger charge is 2.27. The molecule has 0 bridgehead atoms. The Morgan fingerprint density at radius 2 is 2.17 bits per heavy atom. The molecule has 2 rings (SSSR count). The first-order valence-corrected chi connectivity index (χ1v) is 7.78. The average Bonchev–Trinajstić information content (AvgIpc) is 2.67. The molecule has 8 heteroatoms. The zero-order valence-corrected chi connectivity index (χ0v) is 12.3. The number of amides is 1. The van der Waals surface area contributed by atoms with E-state index in [1.165, 1.54) is 18.2 Å². The summed E-state index contributed by atoms with van der Waals surface area (Å²) >= 11 is 8.97. The van der Waals surface area contributed by atoms with Crippen LogP contribution in [0.15, 0.2) is 27.6 Å². The van der Waals surface area contributed by atoms with Crippen LogP contribution in [0.25, 0.3) is 0 Å². The van der Waals surface area contributed by atoms with Gasteiger partial charge in [-0.1, -0.05) is 11.6 Å². The van der Waals surface area contributed by atoms with Gasteiger partial charge in [0.15, 0.2) is 0 Å². The number of carbonyl (C=O) groups is 1. The minimum atomic E-state index is -3.64. The van der Waals surface area contributed by atoms with Crippen molar-refractivity contribution in [1.29, 1.82) is 0 Å². The third-order valence-corrected chi connectivity index (χ3v) is 5.23. The third-order valence-electron chi connectivity index (χ3n) is 2.50. The van der Waals surface area contributed by atoms with E-state index in [0.29, 0.717) is 16.0 Å². The summed E-state index contributed by atoms with van der Waals surface area (Å²) in [5.74, 6) is -0.153. The molecule has 0 aromatic heterocycles. The second-order valence-electron chi connectivity index (χ2n) is 3.90. The Kier molecular flexibility index (Phi) is 3.96. The van der Waals surface area contributed by atoms with E-state index in [4.69, 9.17) is 11.6 Å². The monoisotopic (exact) mass is 352 g/mol. The van der Waals surface area contributed by atoms with Gasteiger partial charge in [0.25, 0.3) is 0 Å². The summed E-state index contributed by atoms with van der Waals surface area (Å²) in [5.41, 5.74) is 0. The van der Waals surface area contributed by atoms with E-state index in [2.05, 4.69) is 26.0 Å². The maximum Gasteiger partial charge on any atom is 0.240 e. The van der Waals surface area contributed by atoms with Crippen molar-refractivity contribution >= 4 is 43.5 Å². The van der Waals surface area contributed by atoms with Gasteiger partial charge < -0.3 is 5.32 Å². The van der Waals surface area contributed by atoms with Gasteiger partial charge in [0.05, 0.1) is 9.92 Å². The van der Waals surface area contributed by atoms with E-state index in [9.17, 15) is 13.2 Å². The van der Waals surface area contributed by atoms with Crippen molar-refractivity contribution in [2.24, 2.45) is 0 Å². The first-order valence-electron chi connectivity index (χ1n) is 5.12. The lowest BCUT2D eigenvalue weighted by atomic mass is 10.3. The van der Waals surface area contributed by atoms with E-state index in [1.54, 1.807) is 0 Å². The minimum absolute atomic E-state index is 0.109. The fourth-order valence-electron chi connectivity index (χ4n) is 1.62. The molecular weight excluding hydrogens is 344 g/mol. The number of sulfonamides is 1. The molecule has 0 radical (unpaired) electrons. The molecule has 0 saturated carbocycles. The van der Waals surface area contributed by atoms with Gasteiger partial charge in [0.1, 0.15) is 0 Å². The molecule has 98 valence electrons. The molecule has 1 fully saturated rings. The van der Waals surface area contributed by atoms with Crippen LogP contribution in [0, 0.1) is 0 Å². The van der Waals surface area contributed by atoms with Crippen molar-refractivity contribution in [2.45, 2.75) is 17.4 Å². The van der Waals surface area contributed by atoms with Crippen LogP contribution in [0.3, 0.4) is 0 Å². The van der Waals surface area contributed by atoms with E-state index < -0.39 is 16.1 Å². The highest BCUT2D eigenvalue weighted by Crippen LogP contribution is 2.25. The van der Waals surface area contributed by atoms with E-state index in [-0.39, 0.29) is 17.2 Å². The van der Waals surface area contributed by atoms with Gasteiger partial charge >= 0.3 is 0 Å². The quantitative estimate of drug-likeness (QED) is 0.859. The summed E-state index contributed by atoms with van der Waals surface area (Å²) in [6.45, 7) is 0.312. The van der Waals surface area contributed by atoms with Crippen LogP contribution >= 0.6 is 27.5 Å². The Balaban J connectivity index is 2.20. The molecule has 1 heterocycles. The lowest BCUT2D eigenvalue weighted by Crippen LogP contribution is -2.36. The van der Waals surface area contributed by atoms with Crippen LogP contribution in [0.4, 0.5) is 0 Å². The number of hydrogen-bond acceptors (Lipinski definition) is 3. The SMILES string of the molecule is O=C1CC(NS(=O)(=O)c2ccc(Cl)c(Br)c2)CN1. The van der Waals surface area contributed by atoms with Crippen LogP contribution in [0.5, 0.6) is 0 Å². The third kappa shape index (κ3) is 3.03. The highest BCUT2D eigenvalue weighted by atomic mass is 79.9. The van der Waals surface area contributed by atoms with Crippen LogP contribution in [0.1, 0.15) is 6.42 Å². The molecule has 5 nitrogen and oxygen atoms in total. The zero-order chi connectivity index (χ0) is 13.3. The first kappa shape index (κ1) is 13.8. The smallest absolute Gasteiger partial charge is 0.240 e. The summed E-state index contributed by atoms with van der Waals surface area (Å²) < 4.78 is 27.1. The summed E-state index contributed by atoms with van der Waals surface area (Å²) in [4.78, 5) is 11.1. The van der Waals surface area contributed by atoms with Gasteiger partial charge in [-0.15, -0.1) is 0 Å². The summed E-state index contributed by atoms with van der Waals surface area (Å²) in [6.07, 6.45) is 0.161. The average molecular weight is 354 g/mol. The number of rotatable bonds is 3. The maximum absolute atomic E-state index is 12.0. The maximum atomic E-state index is 12.0.